The van der Waals surface area contributed by atoms with E-state index in [0.717, 1.165) is 11.3 Å². The van der Waals surface area contributed by atoms with Gasteiger partial charge in [-0.25, -0.2) is 4.68 Å². The van der Waals surface area contributed by atoms with Gasteiger partial charge in [-0.05, 0) is 18.1 Å². The molecule has 0 bridgehead atoms. The van der Waals surface area contributed by atoms with Crippen LogP contribution in [0.3, 0.4) is 0 Å². The summed E-state index contributed by atoms with van der Waals surface area (Å²) in [5.41, 5.74) is 7.20. The lowest BCUT2D eigenvalue weighted by molar-refractivity contribution is -0.129. The van der Waals surface area contributed by atoms with Crippen LogP contribution in [0.15, 0.2) is 66.9 Å². The Bertz CT molecular complexity index is 1060. The summed E-state index contributed by atoms with van der Waals surface area (Å²) in [6.45, 7) is 4.95. The summed E-state index contributed by atoms with van der Waals surface area (Å²) in [6, 6.07) is 18.0. The van der Waals surface area contributed by atoms with Gasteiger partial charge in [-0.15, -0.1) is 0 Å². The van der Waals surface area contributed by atoms with Gasteiger partial charge >= 0.3 is 0 Å². The molecule has 0 aliphatic carbocycles. The highest BCUT2D eigenvalue weighted by atomic mass is 16.2. The summed E-state index contributed by atoms with van der Waals surface area (Å²) in [5, 5.41) is 7.17. The zero-order chi connectivity index (χ0) is 22.4. The lowest BCUT2D eigenvalue weighted by Crippen LogP contribution is -2.54. The van der Waals surface area contributed by atoms with Gasteiger partial charge in [0.15, 0.2) is 0 Å². The molecule has 1 atom stereocenters. The average molecular weight is 419 g/mol. The van der Waals surface area contributed by atoms with Crippen LogP contribution in [0.5, 0.6) is 0 Å². The summed E-state index contributed by atoms with van der Waals surface area (Å²) in [4.78, 5) is 36.8. The first kappa shape index (κ1) is 21.8. The fourth-order valence-electron chi connectivity index (χ4n) is 3.08. The smallest absolute Gasteiger partial charge is 0.273 e. The Balaban J connectivity index is 1.85. The van der Waals surface area contributed by atoms with Crippen molar-refractivity contribution in [2.45, 2.75) is 26.8 Å². The SMILES string of the molecule is CC(=O)NC(C(=O)NNC(=O)c1cn(-c2ccccc2)nc1-c1ccccc1)C(C)C. The number of hydrazine groups is 1. The lowest BCUT2D eigenvalue weighted by Gasteiger charge is -2.20. The van der Waals surface area contributed by atoms with E-state index < -0.39 is 17.9 Å². The number of hydrogen-bond acceptors (Lipinski definition) is 4. The molecule has 8 nitrogen and oxygen atoms in total. The maximum atomic E-state index is 12.9. The van der Waals surface area contributed by atoms with Gasteiger partial charge < -0.3 is 5.32 Å². The van der Waals surface area contributed by atoms with Gasteiger partial charge in [0.05, 0.1) is 11.3 Å². The number of nitrogens with one attached hydrogen (secondary N) is 3. The van der Waals surface area contributed by atoms with Gasteiger partial charge in [0.2, 0.25) is 5.91 Å². The van der Waals surface area contributed by atoms with Crippen LogP contribution in [-0.2, 0) is 9.59 Å². The lowest BCUT2D eigenvalue weighted by atomic mass is 10.0. The van der Waals surface area contributed by atoms with E-state index in [1.807, 2.05) is 60.7 Å². The highest BCUT2D eigenvalue weighted by Crippen LogP contribution is 2.23. The second-order valence-corrected chi connectivity index (χ2v) is 7.40. The van der Waals surface area contributed by atoms with Crippen LogP contribution in [0.4, 0.5) is 0 Å². The fraction of sp³-hybridized carbons (Fsp3) is 0.217. The van der Waals surface area contributed by atoms with Gasteiger partial charge in [-0.3, -0.25) is 25.2 Å². The van der Waals surface area contributed by atoms with Crippen LogP contribution in [-0.4, -0.2) is 33.5 Å². The first-order valence-corrected chi connectivity index (χ1v) is 9.94. The summed E-state index contributed by atoms with van der Waals surface area (Å²) < 4.78 is 1.62. The summed E-state index contributed by atoms with van der Waals surface area (Å²) in [7, 11) is 0. The van der Waals surface area contributed by atoms with Gasteiger partial charge in [0.1, 0.15) is 11.7 Å². The summed E-state index contributed by atoms with van der Waals surface area (Å²) in [6.07, 6.45) is 1.62. The number of benzene rings is 2. The summed E-state index contributed by atoms with van der Waals surface area (Å²) >= 11 is 0. The molecule has 0 aliphatic rings. The molecular weight excluding hydrogens is 394 g/mol. The van der Waals surface area contributed by atoms with Crippen LogP contribution in [0.25, 0.3) is 16.9 Å². The fourth-order valence-corrected chi connectivity index (χ4v) is 3.08. The molecule has 0 spiro atoms. The molecule has 0 saturated carbocycles. The van der Waals surface area contributed by atoms with Crippen molar-refractivity contribution >= 4 is 17.7 Å². The number of rotatable bonds is 6. The molecule has 2 aromatic carbocycles. The number of carbonyl (C=O) groups is 3. The molecule has 3 aromatic rings. The van der Waals surface area contributed by atoms with Crippen LogP contribution in [0.1, 0.15) is 31.1 Å². The third-order valence-electron chi connectivity index (χ3n) is 4.63. The largest absolute Gasteiger partial charge is 0.344 e. The number of carbonyl (C=O) groups excluding carboxylic acids is 3. The molecule has 1 heterocycles. The quantitative estimate of drug-likeness (QED) is 0.534. The van der Waals surface area contributed by atoms with E-state index in [9.17, 15) is 14.4 Å². The Hall–Kier alpha value is -3.94. The topological polar surface area (TPSA) is 105 Å². The van der Waals surface area contributed by atoms with E-state index in [1.165, 1.54) is 6.92 Å². The van der Waals surface area contributed by atoms with Crippen LogP contribution < -0.4 is 16.2 Å². The van der Waals surface area contributed by atoms with E-state index in [4.69, 9.17) is 0 Å². The van der Waals surface area contributed by atoms with E-state index >= 15 is 0 Å². The Labute approximate surface area is 180 Å². The van der Waals surface area contributed by atoms with Crippen molar-refractivity contribution in [1.29, 1.82) is 0 Å². The molecule has 1 unspecified atom stereocenters. The van der Waals surface area contributed by atoms with Crippen LogP contribution in [0.2, 0.25) is 0 Å². The van der Waals surface area contributed by atoms with Gasteiger partial charge in [-0.1, -0.05) is 62.4 Å². The van der Waals surface area contributed by atoms with E-state index in [1.54, 1.807) is 24.7 Å². The third-order valence-corrected chi connectivity index (χ3v) is 4.63. The van der Waals surface area contributed by atoms with Gasteiger partial charge in [0, 0.05) is 18.7 Å². The highest BCUT2D eigenvalue weighted by molar-refractivity contribution is 6.01. The first-order valence-electron chi connectivity index (χ1n) is 9.94. The van der Waals surface area contributed by atoms with Gasteiger partial charge in [-0.2, -0.15) is 5.10 Å². The predicted molar refractivity (Wildman–Crippen MR) is 117 cm³/mol. The Morgan fingerprint density at radius 2 is 1.52 bits per heavy atom. The van der Waals surface area contributed by atoms with Crippen molar-refractivity contribution in [2.24, 2.45) is 5.92 Å². The highest BCUT2D eigenvalue weighted by Gasteiger charge is 2.24. The normalized spacial score (nSPS) is 11.6. The van der Waals surface area contributed by atoms with Crippen LogP contribution in [0, 0.1) is 5.92 Å². The van der Waals surface area contributed by atoms with E-state index in [-0.39, 0.29) is 11.8 Å². The molecule has 160 valence electrons. The van der Waals surface area contributed by atoms with Crippen molar-refractivity contribution in [3.63, 3.8) is 0 Å². The molecule has 0 aliphatic heterocycles. The molecule has 0 saturated heterocycles. The Morgan fingerprint density at radius 1 is 0.903 bits per heavy atom. The number of para-hydroxylation sites is 1. The molecule has 1 aromatic heterocycles. The second kappa shape index (κ2) is 9.71. The number of hydrogen-bond donors (Lipinski definition) is 3. The van der Waals surface area contributed by atoms with Crippen molar-refractivity contribution < 1.29 is 14.4 Å². The minimum absolute atomic E-state index is 0.151. The summed E-state index contributed by atoms with van der Waals surface area (Å²) in [5.74, 6) is -1.49. The number of aromatic nitrogens is 2. The first-order chi connectivity index (χ1) is 14.9. The minimum Gasteiger partial charge on any atom is -0.344 e. The Kier molecular flexibility index (Phi) is 6.81. The molecular formula is C23H25N5O3. The predicted octanol–water partition coefficient (Wildman–Crippen LogP) is 2.46. The average Bonchev–Trinajstić information content (AvgIpc) is 3.22. The molecule has 0 fully saturated rings. The monoisotopic (exact) mass is 419 g/mol. The maximum Gasteiger partial charge on any atom is 0.273 e. The molecule has 31 heavy (non-hydrogen) atoms. The standard InChI is InChI=1S/C23H25N5O3/c1-15(2)20(24-16(3)29)23(31)26-25-22(30)19-14-28(18-12-8-5-9-13-18)27-21(19)17-10-6-4-7-11-17/h4-15,20H,1-3H3,(H,24,29)(H,25,30)(H,26,31). The zero-order valence-corrected chi connectivity index (χ0v) is 17.6. The molecule has 8 heteroatoms. The van der Waals surface area contributed by atoms with Crippen LogP contribution >= 0.6 is 0 Å². The molecule has 0 radical (unpaired) electrons. The van der Waals surface area contributed by atoms with Gasteiger partial charge in [0.25, 0.3) is 11.8 Å². The van der Waals surface area contributed by atoms with E-state index in [0.29, 0.717) is 11.3 Å². The number of amides is 3. The molecule has 3 rings (SSSR count). The van der Waals surface area contributed by atoms with Crippen molar-refractivity contribution in [3.8, 4) is 16.9 Å². The Morgan fingerprint density at radius 3 is 2.10 bits per heavy atom. The zero-order valence-electron chi connectivity index (χ0n) is 17.6. The van der Waals surface area contributed by atoms with Crippen molar-refractivity contribution in [2.75, 3.05) is 0 Å². The maximum absolute atomic E-state index is 12.9. The minimum atomic E-state index is -0.765. The molecule has 3 N–H and O–H groups in total. The van der Waals surface area contributed by atoms with Crippen molar-refractivity contribution in [3.05, 3.63) is 72.4 Å². The van der Waals surface area contributed by atoms with Crippen molar-refractivity contribution in [1.82, 2.24) is 25.9 Å². The second-order valence-electron chi connectivity index (χ2n) is 7.40. The third kappa shape index (κ3) is 5.36. The number of nitrogens with zero attached hydrogens (tertiary/aromatic N) is 2. The molecule has 3 amide bonds. The van der Waals surface area contributed by atoms with E-state index in [2.05, 4.69) is 21.3 Å².